The monoisotopic (exact) mass is 316 g/mol. The lowest BCUT2D eigenvalue weighted by atomic mass is 10.1. The van der Waals surface area contributed by atoms with E-state index in [9.17, 15) is 4.79 Å². The average Bonchev–Trinajstić information content (AvgIpc) is 3.29. The SMILES string of the molecule is CCc1ccccc1NC(=O)CSc1nnc(C)n1C1CC1. The standard InChI is InChI=1S/C16H20N4OS/c1-3-12-6-4-5-7-14(12)17-15(21)10-22-16-19-18-11(2)20(16)13-8-9-13/h4-7,13H,3,8-10H2,1-2H3,(H,17,21). The molecule has 5 nitrogen and oxygen atoms in total. The maximum absolute atomic E-state index is 12.2. The molecule has 0 saturated heterocycles. The second-order valence-corrected chi connectivity index (χ2v) is 6.42. The number of carbonyl (C=O) groups is 1. The smallest absolute Gasteiger partial charge is 0.234 e. The molecule has 1 fully saturated rings. The number of hydrogen-bond acceptors (Lipinski definition) is 4. The van der Waals surface area contributed by atoms with E-state index >= 15 is 0 Å². The lowest BCUT2D eigenvalue weighted by Gasteiger charge is -2.10. The topological polar surface area (TPSA) is 59.8 Å². The quantitative estimate of drug-likeness (QED) is 0.831. The molecule has 0 atom stereocenters. The van der Waals surface area contributed by atoms with Crippen LogP contribution >= 0.6 is 11.8 Å². The predicted octanol–water partition coefficient (Wildman–Crippen LogP) is 3.21. The number of carbonyl (C=O) groups excluding carboxylic acids is 1. The Morgan fingerprint density at radius 2 is 2.14 bits per heavy atom. The molecule has 1 N–H and O–H groups in total. The van der Waals surface area contributed by atoms with Crippen molar-refractivity contribution in [3.8, 4) is 0 Å². The van der Waals surface area contributed by atoms with Crippen molar-refractivity contribution in [2.24, 2.45) is 0 Å². The van der Waals surface area contributed by atoms with Gasteiger partial charge in [0, 0.05) is 11.7 Å². The van der Waals surface area contributed by atoms with Crippen molar-refractivity contribution in [2.45, 2.75) is 44.3 Å². The van der Waals surface area contributed by atoms with Gasteiger partial charge in [0.25, 0.3) is 0 Å². The Balaban J connectivity index is 1.61. The Kier molecular flexibility index (Phi) is 4.47. The summed E-state index contributed by atoms with van der Waals surface area (Å²) in [5, 5.41) is 12.1. The minimum absolute atomic E-state index is 0.00565. The minimum atomic E-state index is -0.00565. The van der Waals surface area contributed by atoms with Crippen molar-refractivity contribution >= 4 is 23.4 Å². The van der Waals surface area contributed by atoms with Gasteiger partial charge in [-0.3, -0.25) is 4.79 Å². The maximum atomic E-state index is 12.2. The van der Waals surface area contributed by atoms with Crippen molar-refractivity contribution in [2.75, 3.05) is 11.1 Å². The van der Waals surface area contributed by atoms with E-state index in [0.717, 1.165) is 28.7 Å². The van der Waals surface area contributed by atoms with Gasteiger partial charge in [0.15, 0.2) is 5.16 Å². The molecule has 2 aromatic rings. The Morgan fingerprint density at radius 1 is 1.36 bits per heavy atom. The summed E-state index contributed by atoms with van der Waals surface area (Å²) >= 11 is 1.45. The van der Waals surface area contributed by atoms with Gasteiger partial charge < -0.3 is 9.88 Å². The molecule has 1 aromatic heterocycles. The van der Waals surface area contributed by atoms with Crippen LogP contribution in [0.1, 0.15) is 37.2 Å². The van der Waals surface area contributed by atoms with E-state index in [2.05, 4.69) is 27.0 Å². The Morgan fingerprint density at radius 3 is 2.86 bits per heavy atom. The van der Waals surface area contributed by atoms with E-state index in [0.29, 0.717) is 11.8 Å². The number of thioether (sulfide) groups is 1. The third-order valence-corrected chi connectivity index (χ3v) is 4.69. The van der Waals surface area contributed by atoms with E-state index < -0.39 is 0 Å². The van der Waals surface area contributed by atoms with Crippen LogP contribution < -0.4 is 5.32 Å². The van der Waals surface area contributed by atoms with Gasteiger partial charge in [-0.15, -0.1) is 10.2 Å². The third-order valence-electron chi connectivity index (χ3n) is 3.75. The highest BCUT2D eigenvalue weighted by molar-refractivity contribution is 7.99. The van der Waals surface area contributed by atoms with Gasteiger partial charge in [-0.2, -0.15) is 0 Å². The van der Waals surface area contributed by atoms with Crippen molar-refractivity contribution < 1.29 is 4.79 Å². The molecule has 1 aliphatic carbocycles. The Hall–Kier alpha value is -1.82. The van der Waals surface area contributed by atoms with E-state index in [1.807, 2.05) is 31.2 Å². The number of hydrogen-bond donors (Lipinski definition) is 1. The van der Waals surface area contributed by atoms with Crippen LogP contribution in [0.25, 0.3) is 0 Å². The molecule has 1 heterocycles. The molecular weight excluding hydrogens is 296 g/mol. The first kappa shape index (κ1) is 15.1. The van der Waals surface area contributed by atoms with Crippen LogP contribution in [0.15, 0.2) is 29.4 Å². The van der Waals surface area contributed by atoms with Gasteiger partial charge in [-0.25, -0.2) is 0 Å². The second-order valence-electron chi connectivity index (χ2n) is 5.48. The molecule has 1 aromatic carbocycles. The largest absolute Gasteiger partial charge is 0.325 e. The summed E-state index contributed by atoms with van der Waals surface area (Å²) in [6.45, 7) is 4.05. The molecule has 3 rings (SSSR count). The van der Waals surface area contributed by atoms with Crippen LogP contribution in [0.3, 0.4) is 0 Å². The lowest BCUT2D eigenvalue weighted by Crippen LogP contribution is -2.15. The highest BCUT2D eigenvalue weighted by atomic mass is 32.2. The average molecular weight is 316 g/mol. The normalized spacial score (nSPS) is 14.1. The summed E-state index contributed by atoms with van der Waals surface area (Å²) < 4.78 is 2.15. The summed E-state index contributed by atoms with van der Waals surface area (Å²) in [6, 6.07) is 8.44. The number of rotatable bonds is 6. The minimum Gasteiger partial charge on any atom is -0.325 e. The fourth-order valence-corrected chi connectivity index (χ4v) is 3.32. The van der Waals surface area contributed by atoms with Crippen LogP contribution in [-0.4, -0.2) is 26.4 Å². The third kappa shape index (κ3) is 3.32. The number of para-hydroxylation sites is 1. The number of nitrogens with zero attached hydrogens (tertiary/aromatic N) is 3. The zero-order valence-electron chi connectivity index (χ0n) is 12.9. The molecule has 0 aliphatic heterocycles. The van der Waals surface area contributed by atoms with Crippen LogP contribution in [0.5, 0.6) is 0 Å². The molecule has 6 heteroatoms. The number of aryl methyl sites for hydroxylation is 2. The highest BCUT2D eigenvalue weighted by Crippen LogP contribution is 2.38. The van der Waals surface area contributed by atoms with Gasteiger partial charge in [-0.1, -0.05) is 36.9 Å². The van der Waals surface area contributed by atoms with E-state index in [-0.39, 0.29) is 5.91 Å². The molecule has 22 heavy (non-hydrogen) atoms. The summed E-state index contributed by atoms with van der Waals surface area (Å²) in [6.07, 6.45) is 3.27. The lowest BCUT2D eigenvalue weighted by molar-refractivity contribution is -0.113. The summed E-state index contributed by atoms with van der Waals surface area (Å²) in [7, 11) is 0. The maximum Gasteiger partial charge on any atom is 0.234 e. The zero-order chi connectivity index (χ0) is 15.5. The zero-order valence-corrected chi connectivity index (χ0v) is 13.7. The summed E-state index contributed by atoms with van der Waals surface area (Å²) in [4.78, 5) is 12.2. The number of anilines is 1. The molecule has 1 saturated carbocycles. The van der Waals surface area contributed by atoms with Crippen molar-refractivity contribution in [1.82, 2.24) is 14.8 Å². The summed E-state index contributed by atoms with van der Waals surface area (Å²) in [5.74, 6) is 1.28. The van der Waals surface area contributed by atoms with Crippen LogP contribution in [0.4, 0.5) is 5.69 Å². The van der Waals surface area contributed by atoms with Gasteiger partial charge in [0.05, 0.1) is 5.75 Å². The van der Waals surface area contributed by atoms with Crippen LogP contribution in [0.2, 0.25) is 0 Å². The first-order valence-corrected chi connectivity index (χ1v) is 8.59. The van der Waals surface area contributed by atoms with Crippen LogP contribution in [-0.2, 0) is 11.2 Å². The summed E-state index contributed by atoms with van der Waals surface area (Å²) in [5.41, 5.74) is 2.05. The predicted molar refractivity (Wildman–Crippen MR) is 88.2 cm³/mol. The van der Waals surface area contributed by atoms with Gasteiger partial charge in [0.1, 0.15) is 5.82 Å². The Labute approximate surface area is 134 Å². The molecule has 0 spiro atoms. The van der Waals surface area contributed by atoms with Gasteiger partial charge in [0.2, 0.25) is 5.91 Å². The first-order valence-electron chi connectivity index (χ1n) is 7.61. The molecule has 0 bridgehead atoms. The van der Waals surface area contributed by atoms with E-state index in [1.165, 1.54) is 24.6 Å². The molecule has 116 valence electrons. The van der Waals surface area contributed by atoms with Crippen molar-refractivity contribution in [1.29, 1.82) is 0 Å². The fraction of sp³-hybridized carbons (Fsp3) is 0.438. The second kappa shape index (κ2) is 6.52. The number of nitrogens with one attached hydrogen (secondary N) is 1. The van der Waals surface area contributed by atoms with E-state index in [4.69, 9.17) is 0 Å². The number of aromatic nitrogens is 3. The molecule has 1 amide bonds. The first-order chi connectivity index (χ1) is 10.7. The molecule has 0 unspecified atom stereocenters. The van der Waals surface area contributed by atoms with Gasteiger partial charge >= 0.3 is 0 Å². The highest BCUT2D eigenvalue weighted by Gasteiger charge is 2.28. The fourth-order valence-electron chi connectivity index (χ4n) is 2.47. The van der Waals surface area contributed by atoms with E-state index in [1.54, 1.807) is 0 Å². The number of benzene rings is 1. The van der Waals surface area contributed by atoms with Gasteiger partial charge in [-0.05, 0) is 37.8 Å². The molecule has 1 aliphatic rings. The van der Waals surface area contributed by atoms with Crippen LogP contribution in [0, 0.1) is 6.92 Å². The van der Waals surface area contributed by atoms with Crippen molar-refractivity contribution in [3.63, 3.8) is 0 Å². The molecule has 0 radical (unpaired) electrons. The van der Waals surface area contributed by atoms with Crippen molar-refractivity contribution in [3.05, 3.63) is 35.7 Å². The number of amides is 1. The molecular formula is C16H20N4OS. The Bertz CT molecular complexity index is 679.